The second-order valence-electron chi connectivity index (χ2n) is 4.28. The van der Waals surface area contributed by atoms with Crippen LogP contribution in [0.3, 0.4) is 0 Å². The summed E-state index contributed by atoms with van der Waals surface area (Å²) in [6.45, 7) is 1.36. The molecule has 2 rings (SSSR count). The van der Waals surface area contributed by atoms with E-state index in [9.17, 15) is 23.1 Å². The first-order chi connectivity index (χ1) is 9.21. The van der Waals surface area contributed by atoms with Gasteiger partial charge in [-0.1, -0.05) is 0 Å². The second kappa shape index (κ2) is 4.62. The minimum Gasteiger partial charge on any atom is -0.507 e. The van der Waals surface area contributed by atoms with Gasteiger partial charge in [0.25, 0.3) is 5.56 Å². The number of halogens is 3. The highest BCUT2D eigenvalue weighted by molar-refractivity contribution is 5.70. The van der Waals surface area contributed by atoms with Gasteiger partial charge in [-0.15, -0.1) is 10.2 Å². The Balaban J connectivity index is 2.71. The number of benzene rings is 1. The van der Waals surface area contributed by atoms with Gasteiger partial charge in [0, 0.05) is 7.05 Å². The fourth-order valence-corrected chi connectivity index (χ4v) is 1.82. The Morgan fingerprint density at radius 2 is 1.95 bits per heavy atom. The molecule has 0 saturated heterocycles. The summed E-state index contributed by atoms with van der Waals surface area (Å²) >= 11 is 0. The first kappa shape index (κ1) is 14.0. The van der Waals surface area contributed by atoms with Crippen molar-refractivity contribution in [3.63, 3.8) is 0 Å². The maximum Gasteiger partial charge on any atom is 0.416 e. The average molecular weight is 285 g/mol. The molecule has 0 aliphatic rings. The van der Waals surface area contributed by atoms with E-state index in [2.05, 4.69) is 10.2 Å². The van der Waals surface area contributed by atoms with E-state index >= 15 is 0 Å². The Morgan fingerprint density at radius 1 is 1.30 bits per heavy atom. The molecule has 0 bridgehead atoms. The largest absolute Gasteiger partial charge is 0.507 e. The zero-order valence-corrected chi connectivity index (χ0v) is 10.6. The number of aromatic nitrogens is 3. The maximum atomic E-state index is 12.6. The van der Waals surface area contributed by atoms with Crippen LogP contribution in [0.1, 0.15) is 11.1 Å². The number of phenolic OH excluding ortho intramolecular Hbond substituents is 1. The fraction of sp³-hybridized carbons (Fsp3) is 0.250. The van der Waals surface area contributed by atoms with Crippen molar-refractivity contribution < 1.29 is 18.3 Å². The highest BCUT2D eigenvalue weighted by atomic mass is 19.4. The fourth-order valence-electron chi connectivity index (χ4n) is 1.82. The Morgan fingerprint density at radius 3 is 2.50 bits per heavy atom. The molecule has 5 nitrogen and oxygen atoms in total. The smallest absolute Gasteiger partial charge is 0.416 e. The van der Waals surface area contributed by atoms with Gasteiger partial charge in [0.05, 0.1) is 11.1 Å². The van der Waals surface area contributed by atoms with E-state index in [1.54, 1.807) is 0 Å². The Labute approximate surface area is 111 Å². The van der Waals surface area contributed by atoms with Gasteiger partial charge in [0.1, 0.15) is 12.1 Å². The van der Waals surface area contributed by atoms with E-state index in [1.165, 1.54) is 20.3 Å². The normalized spacial score (nSPS) is 11.7. The van der Waals surface area contributed by atoms with Crippen molar-refractivity contribution >= 4 is 0 Å². The van der Waals surface area contributed by atoms with Gasteiger partial charge >= 0.3 is 6.18 Å². The summed E-state index contributed by atoms with van der Waals surface area (Å²) in [6.07, 6.45) is -3.41. The van der Waals surface area contributed by atoms with Gasteiger partial charge < -0.3 is 5.11 Å². The number of hydrogen-bond acceptors (Lipinski definition) is 4. The predicted octanol–water partition coefficient (Wildman–Crippen LogP) is 1.88. The number of hydrogen-bond donors (Lipinski definition) is 1. The molecule has 0 saturated carbocycles. The SMILES string of the molecule is Cc1cc(C(F)(F)F)cc(O)c1-c1nncn(C)c1=O. The standard InChI is InChI=1S/C12H10F3N3O2/c1-6-3-7(12(13,14)15)4-8(19)9(6)10-11(20)18(2)5-16-17-10/h3-5,19H,1-2H3. The van der Waals surface area contributed by atoms with Crippen LogP contribution < -0.4 is 5.56 Å². The zero-order chi connectivity index (χ0) is 15.1. The van der Waals surface area contributed by atoms with Gasteiger partial charge in [-0.25, -0.2) is 0 Å². The lowest BCUT2D eigenvalue weighted by Gasteiger charge is -2.12. The number of alkyl halides is 3. The Kier molecular flexibility index (Phi) is 3.24. The van der Waals surface area contributed by atoms with Crippen LogP contribution in [0.2, 0.25) is 0 Å². The molecule has 0 amide bonds. The van der Waals surface area contributed by atoms with Gasteiger partial charge in [0.15, 0.2) is 5.69 Å². The van der Waals surface area contributed by atoms with Crippen LogP contribution in [0.15, 0.2) is 23.3 Å². The van der Waals surface area contributed by atoms with Crippen molar-refractivity contribution in [2.75, 3.05) is 0 Å². The molecule has 0 spiro atoms. The third kappa shape index (κ3) is 2.36. The quantitative estimate of drug-likeness (QED) is 0.868. The van der Waals surface area contributed by atoms with Crippen LogP contribution in [-0.4, -0.2) is 19.9 Å². The number of aryl methyl sites for hydroxylation is 2. The molecule has 1 aromatic carbocycles. The molecule has 1 N–H and O–H groups in total. The summed E-state index contributed by atoms with van der Waals surface area (Å²) < 4.78 is 39.0. The molecular weight excluding hydrogens is 275 g/mol. The predicted molar refractivity (Wildman–Crippen MR) is 64.1 cm³/mol. The van der Waals surface area contributed by atoms with Crippen molar-refractivity contribution in [2.24, 2.45) is 7.05 Å². The Bertz CT molecular complexity index is 700. The topological polar surface area (TPSA) is 68.0 Å². The molecule has 0 aliphatic carbocycles. The van der Waals surface area contributed by atoms with Crippen LogP contribution in [-0.2, 0) is 13.2 Å². The lowest BCUT2D eigenvalue weighted by molar-refractivity contribution is -0.137. The highest BCUT2D eigenvalue weighted by Gasteiger charge is 2.32. The molecule has 20 heavy (non-hydrogen) atoms. The molecular formula is C12H10F3N3O2. The average Bonchev–Trinajstić information content (AvgIpc) is 2.32. The molecule has 0 atom stereocenters. The number of aromatic hydroxyl groups is 1. The van der Waals surface area contributed by atoms with Gasteiger partial charge in [0.2, 0.25) is 0 Å². The molecule has 0 aliphatic heterocycles. The van der Waals surface area contributed by atoms with Gasteiger partial charge in [-0.05, 0) is 24.6 Å². The van der Waals surface area contributed by atoms with Crippen LogP contribution >= 0.6 is 0 Å². The molecule has 1 aromatic heterocycles. The van der Waals surface area contributed by atoms with E-state index in [0.717, 1.165) is 10.6 Å². The van der Waals surface area contributed by atoms with Crippen molar-refractivity contribution in [3.05, 3.63) is 39.9 Å². The van der Waals surface area contributed by atoms with Crippen molar-refractivity contribution in [2.45, 2.75) is 13.1 Å². The minimum atomic E-state index is -4.58. The van der Waals surface area contributed by atoms with Crippen LogP contribution in [0.4, 0.5) is 13.2 Å². The molecule has 0 fully saturated rings. The third-order valence-electron chi connectivity index (χ3n) is 2.78. The molecule has 2 aromatic rings. The lowest BCUT2D eigenvalue weighted by atomic mass is 10.0. The van der Waals surface area contributed by atoms with Crippen LogP contribution in [0.25, 0.3) is 11.3 Å². The van der Waals surface area contributed by atoms with Crippen LogP contribution in [0, 0.1) is 6.92 Å². The van der Waals surface area contributed by atoms with Crippen LogP contribution in [0.5, 0.6) is 5.75 Å². The van der Waals surface area contributed by atoms with E-state index in [-0.39, 0.29) is 16.8 Å². The third-order valence-corrected chi connectivity index (χ3v) is 2.78. The van der Waals surface area contributed by atoms with Gasteiger partial charge in [-0.3, -0.25) is 9.36 Å². The maximum absolute atomic E-state index is 12.6. The molecule has 8 heteroatoms. The lowest BCUT2D eigenvalue weighted by Crippen LogP contribution is -2.21. The molecule has 0 unspecified atom stereocenters. The molecule has 1 heterocycles. The number of nitrogens with zero attached hydrogens (tertiary/aromatic N) is 3. The van der Waals surface area contributed by atoms with E-state index in [0.29, 0.717) is 6.07 Å². The Hall–Kier alpha value is -2.38. The van der Waals surface area contributed by atoms with Crippen molar-refractivity contribution in [1.82, 2.24) is 14.8 Å². The van der Waals surface area contributed by atoms with Crippen molar-refractivity contribution in [3.8, 4) is 17.0 Å². The zero-order valence-electron chi connectivity index (χ0n) is 10.6. The van der Waals surface area contributed by atoms with Crippen molar-refractivity contribution in [1.29, 1.82) is 0 Å². The first-order valence-corrected chi connectivity index (χ1v) is 5.51. The number of phenols is 1. The minimum absolute atomic E-state index is 0.0494. The van der Waals surface area contributed by atoms with Gasteiger partial charge in [-0.2, -0.15) is 13.2 Å². The summed E-state index contributed by atoms with van der Waals surface area (Å²) in [5, 5.41) is 16.9. The van der Waals surface area contributed by atoms with E-state index in [4.69, 9.17) is 0 Å². The summed E-state index contributed by atoms with van der Waals surface area (Å²) in [5.41, 5.74) is -1.70. The highest BCUT2D eigenvalue weighted by Crippen LogP contribution is 2.37. The van der Waals surface area contributed by atoms with E-state index in [1.807, 2.05) is 0 Å². The summed E-state index contributed by atoms with van der Waals surface area (Å²) in [6, 6.07) is 1.42. The first-order valence-electron chi connectivity index (χ1n) is 5.51. The number of rotatable bonds is 1. The summed E-state index contributed by atoms with van der Waals surface area (Å²) in [7, 11) is 1.43. The van der Waals surface area contributed by atoms with E-state index < -0.39 is 23.0 Å². The summed E-state index contributed by atoms with van der Waals surface area (Å²) in [4.78, 5) is 11.9. The monoisotopic (exact) mass is 285 g/mol. The molecule has 106 valence electrons. The molecule has 0 radical (unpaired) electrons. The second-order valence-corrected chi connectivity index (χ2v) is 4.28. The summed E-state index contributed by atoms with van der Waals surface area (Å²) in [5.74, 6) is -0.657.